The number of hydrogen-bond donors (Lipinski definition) is 1. The summed E-state index contributed by atoms with van der Waals surface area (Å²) >= 11 is 0. The van der Waals surface area contributed by atoms with Crippen molar-refractivity contribution in [3.63, 3.8) is 0 Å². The van der Waals surface area contributed by atoms with E-state index in [4.69, 9.17) is 4.74 Å². The number of allylic oxidation sites excluding steroid dienone is 1. The van der Waals surface area contributed by atoms with Crippen molar-refractivity contribution in [1.29, 1.82) is 0 Å². The van der Waals surface area contributed by atoms with Crippen LogP contribution in [-0.4, -0.2) is 17.8 Å². The average Bonchev–Trinajstić information content (AvgIpc) is 2.29. The number of aryl methyl sites for hydroxylation is 1. The van der Waals surface area contributed by atoms with Crippen LogP contribution in [-0.2, 0) is 0 Å². The van der Waals surface area contributed by atoms with Gasteiger partial charge in [0.25, 0.3) is 0 Å². The molecule has 0 aliphatic rings. The molecule has 1 aromatic rings. The topological polar surface area (TPSA) is 29.5 Å². The highest BCUT2D eigenvalue weighted by Gasteiger charge is 2.03. The van der Waals surface area contributed by atoms with Crippen molar-refractivity contribution < 1.29 is 9.84 Å². The monoisotopic (exact) mass is 234 g/mol. The summed E-state index contributed by atoms with van der Waals surface area (Å²) in [7, 11) is 0. The van der Waals surface area contributed by atoms with Gasteiger partial charge >= 0.3 is 0 Å². The Hall–Kier alpha value is -1.28. The molecule has 17 heavy (non-hydrogen) atoms. The van der Waals surface area contributed by atoms with Gasteiger partial charge in [-0.05, 0) is 43.9 Å². The number of benzene rings is 1. The molecule has 0 bridgehead atoms. The molecule has 0 heterocycles. The van der Waals surface area contributed by atoms with Gasteiger partial charge < -0.3 is 9.84 Å². The van der Waals surface area contributed by atoms with E-state index < -0.39 is 0 Å². The van der Waals surface area contributed by atoms with Crippen molar-refractivity contribution in [3.05, 3.63) is 42.5 Å². The predicted molar refractivity (Wildman–Crippen MR) is 71.3 cm³/mol. The highest BCUT2D eigenvalue weighted by Crippen LogP contribution is 2.13. The lowest BCUT2D eigenvalue weighted by Gasteiger charge is -2.11. The van der Waals surface area contributed by atoms with E-state index in [1.165, 1.54) is 5.56 Å². The van der Waals surface area contributed by atoms with Crippen molar-refractivity contribution in [2.45, 2.75) is 38.7 Å². The summed E-state index contributed by atoms with van der Waals surface area (Å²) in [4.78, 5) is 0. The van der Waals surface area contributed by atoms with Crippen LogP contribution in [0.25, 0.3) is 0 Å². The van der Waals surface area contributed by atoms with Crippen LogP contribution in [0.3, 0.4) is 0 Å². The molecular weight excluding hydrogens is 212 g/mol. The smallest absolute Gasteiger partial charge is 0.119 e. The fraction of sp³-hybridized carbons (Fsp3) is 0.467. The van der Waals surface area contributed by atoms with E-state index in [2.05, 4.69) is 6.58 Å². The van der Waals surface area contributed by atoms with Gasteiger partial charge in [0.2, 0.25) is 0 Å². The van der Waals surface area contributed by atoms with Crippen molar-refractivity contribution >= 4 is 0 Å². The van der Waals surface area contributed by atoms with Crippen LogP contribution in [0.5, 0.6) is 5.75 Å². The zero-order chi connectivity index (χ0) is 12.5. The maximum Gasteiger partial charge on any atom is 0.119 e. The number of aliphatic hydroxyl groups is 1. The van der Waals surface area contributed by atoms with E-state index in [9.17, 15) is 5.11 Å². The molecule has 1 atom stereocenters. The first-order valence-corrected chi connectivity index (χ1v) is 6.21. The fourth-order valence-electron chi connectivity index (χ4n) is 1.66. The molecule has 0 amide bonds. The lowest BCUT2D eigenvalue weighted by molar-refractivity contribution is 0.129. The summed E-state index contributed by atoms with van der Waals surface area (Å²) in [5, 5.41) is 9.69. The van der Waals surface area contributed by atoms with Gasteiger partial charge in [-0.1, -0.05) is 18.2 Å². The van der Waals surface area contributed by atoms with Gasteiger partial charge in [0.15, 0.2) is 0 Å². The molecule has 2 heteroatoms. The molecule has 1 rings (SSSR count). The third-order valence-electron chi connectivity index (χ3n) is 2.65. The zero-order valence-electron chi connectivity index (χ0n) is 10.6. The summed E-state index contributed by atoms with van der Waals surface area (Å²) in [6.07, 6.45) is 5.09. The summed E-state index contributed by atoms with van der Waals surface area (Å²) in [5.41, 5.74) is 1.19. The molecule has 0 aliphatic heterocycles. The molecule has 1 aromatic carbocycles. The van der Waals surface area contributed by atoms with E-state index in [0.717, 1.165) is 25.0 Å². The second kappa shape index (κ2) is 7.91. The third-order valence-corrected chi connectivity index (χ3v) is 2.65. The Kier molecular flexibility index (Phi) is 6.41. The fourth-order valence-corrected chi connectivity index (χ4v) is 1.66. The second-order valence-electron chi connectivity index (χ2n) is 4.33. The Morgan fingerprint density at radius 2 is 2.24 bits per heavy atom. The molecule has 0 aromatic heterocycles. The molecule has 0 saturated heterocycles. The second-order valence-corrected chi connectivity index (χ2v) is 4.33. The van der Waals surface area contributed by atoms with Crippen LogP contribution in [0.15, 0.2) is 36.9 Å². The van der Waals surface area contributed by atoms with E-state index in [1.807, 2.05) is 37.3 Å². The Morgan fingerprint density at radius 1 is 1.41 bits per heavy atom. The first-order chi connectivity index (χ1) is 8.22. The summed E-state index contributed by atoms with van der Waals surface area (Å²) in [5.74, 6) is 0.878. The third kappa shape index (κ3) is 6.12. The van der Waals surface area contributed by atoms with Gasteiger partial charge in [-0.25, -0.2) is 0 Å². The minimum atomic E-state index is -0.264. The lowest BCUT2D eigenvalue weighted by Crippen LogP contribution is -2.11. The molecule has 0 spiro atoms. The molecule has 94 valence electrons. The van der Waals surface area contributed by atoms with E-state index in [-0.39, 0.29) is 6.10 Å². The predicted octanol–water partition coefficient (Wildman–Crippen LogP) is 3.48. The van der Waals surface area contributed by atoms with E-state index >= 15 is 0 Å². The average molecular weight is 234 g/mol. The van der Waals surface area contributed by atoms with Crippen molar-refractivity contribution in [3.8, 4) is 5.75 Å². The van der Waals surface area contributed by atoms with Crippen LogP contribution < -0.4 is 4.74 Å². The molecule has 1 unspecified atom stereocenters. The van der Waals surface area contributed by atoms with Gasteiger partial charge in [-0.3, -0.25) is 0 Å². The highest BCUT2D eigenvalue weighted by atomic mass is 16.5. The molecule has 0 radical (unpaired) electrons. The highest BCUT2D eigenvalue weighted by molar-refractivity contribution is 5.27. The summed E-state index contributed by atoms with van der Waals surface area (Å²) < 4.78 is 5.58. The number of aliphatic hydroxyl groups excluding tert-OH is 1. The Bertz CT molecular complexity index is 333. The van der Waals surface area contributed by atoms with Gasteiger partial charge in [0.05, 0.1) is 12.7 Å². The minimum absolute atomic E-state index is 0.264. The largest absolute Gasteiger partial charge is 0.493 e. The molecular formula is C15H22O2. The van der Waals surface area contributed by atoms with Gasteiger partial charge in [-0.15, -0.1) is 6.58 Å². The number of ether oxygens (including phenoxy) is 1. The van der Waals surface area contributed by atoms with Gasteiger partial charge in [0.1, 0.15) is 5.75 Å². The Labute approximate surface area is 104 Å². The van der Waals surface area contributed by atoms with E-state index in [0.29, 0.717) is 13.0 Å². The minimum Gasteiger partial charge on any atom is -0.493 e. The molecule has 0 saturated carbocycles. The maximum absolute atomic E-state index is 9.69. The van der Waals surface area contributed by atoms with Crippen LogP contribution >= 0.6 is 0 Å². The van der Waals surface area contributed by atoms with Crippen LogP contribution in [0.1, 0.15) is 31.2 Å². The Morgan fingerprint density at radius 3 is 2.94 bits per heavy atom. The standard InChI is InChI=1S/C15H22O2/c1-3-4-5-8-14(16)10-11-17-15-9-6-7-13(2)12-15/h3,6-7,9,12,14,16H,1,4-5,8,10-11H2,2H3. The van der Waals surface area contributed by atoms with E-state index in [1.54, 1.807) is 0 Å². The first-order valence-electron chi connectivity index (χ1n) is 6.21. The molecule has 0 fully saturated rings. The number of rotatable bonds is 8. The van der Waals surface area contributed by atoms with Gasteiger partial charge in [0, 0.05) is 6.42 Å². The zero-order valence-corrected chi connectivity index (χ0v) is 10.6. The summed E-state index contributed by atoms with van der Waals surface area (Å²) in [6, 6.07) is 7.96. The van der Waals surface area contributed by atoms with Crippen molar-refractivity contribution in [1.82, 2.24) is 0 Å². The maximum atomic E-state index is 9.69. The SMILES string of the molecule is C=CCCCC(O)CCOc1cccc(C)c1. The first kappa shape index (κ1) is 13.8. The Balaban J connectivity index is 2.16. The van der Waals surface area contributed by atoms with Crippen molar-refractivity contribution in [2.24, 2.45) is 0 Å². The molecule has 0 aliphatic carbocycles. The molecule has 1 N–H and O–H groups in total. The van der Waals surface area contributed by atoms with Crippen LogP contribution in [0, 0.1) is 6.92 Å². The lowest BCUT2D eigenvalue weighted by atomic mass is 10.1. The summed E-state index contributed by atoms with van der Waals surface area (Å²) in [6.45, 7) is 6.27. The number of hydrogen-bond acceptors (Lipinski definition) is 2. The quantitative estimate of drug-likeness (QED) is 0.551. The van der Waals surface area contributed by atoms with Crippen molar-refractivity contribution in [2.75, 3.05) is 6.61 Å². The molecule has 2 nitrogen and oxygen atoms in total. The normalized spacial score (nSPS) is 12.1. The van der Waals surface area contributed by atoms with Gasteiger partial charge in [-0.2, -0.15) is 0 Å². The van der Waals surface area contributed by atoms with Crippen LogP contribution in [0.4, 0.5) is 0 Å². The van der Waals surface area contributed by atoms with Crippen LogP contribution in [0.2, 0.25) is 0 Å². The number of unbranched alkanes of at least 4 members (excludes halogenated alkanes) is 1.